The number of hydrogen-bond donors (Lipinski definition) is 1. The van der Waals surface area contributed by atoms with E-state index in [1.54, 1.807) is 11.3 Å². The highest BCUT2D eigenvalue weighted by Crippen LogP contribution is 2.30. The van der Waals surface area contributed by atoms with Crippen LogP contribution in [0.15, 0.2) is 17.5 Å². The standard InChI is InChI=1S/C14H17N3O2S2/c1-9-13(21-16-15-9)14(19)17-6-2-4-10(17)8-11(18)12-5-3-7-20-12/h3,5,7,10-11,18H,2,4,6,8H2,1H3/t10-,11+/m0/s1. The van der Waals surface area contributed by atoms with Crippen molar-refractivity contribution in [1.29, 1.82) is 0 Å². The first-order valence-corrected chi connectivity index (χ1v) is 8.63. The number of rotatable bonds is 4. The Bertz CT molecular complexity index is 612. The SMILES string of the molecule is Cc1nnsc1C(=O)N1CCC[C@H]1C[C@@H](O)c1cccs1. The normalized spacial score (nSPS) is 19.9. The molecule has 1 aliphatic heterocycles. The Labute approximate surface area is 131 Å². The number of aryl methyl sites for hydroxylation is 1. The number of likely N-dealkylation sites (tertiary alicyclic amines) is 1. The molecule has 1 amide bonds. The van der Waals surface area contributed by atoms with Gasteiger partial charge < -0.3 is 10.0 Å². The Morgan fingerprint density at radius 2 is 2.48 bits per heavy atom. The minimum absolute atomic E-state index is 0.00313. The minimum atomic E-state index is -0.496. The molecule has 21 heavy (non-hydrogen) atoms. The molecule has 0 aliphatic carbocycles. The van der Waals surface area contributed by atoms with Crippen LogP contribution in [0, 0.1) is 6.92 Å². The second-order valence-corrected chi connectivity index (χ2v) is 6.98. The lowest BCUT2D eigenvalue weighted by atomic mass is 10.1. The van der Waals surface area contributed by atoms with Crippen LogP contribution < -0.4 is 0 Å². The molecule has 5 nitrogen and oxygen atoms in total. The molecule has 2 aromatic rings. The summed E-state index contributed by atoms with van der Waals surface area (Å²) in [5, 5.41) is 16.2. The average molecular weight is 323 g/mol. The predicted molar refractivity (Wildman–Crippen MR) is 82.6 cm³/mol. The zero-order chi connectivity index (χ0) is 14.8. The van der Waals surface area contributed by atoms with Gasteiger partial charge in [-0.2, -0.15) is 0 Å². The molecule has 2 aromatic heterocycles. The molecule has 3 rings (SSSR count). The molecule has 1 saturated heterocycles. The summed E-state index contributed by atoms with van der Waals surface area (Å²) < 4.78 is 3.84. The maximum atomic E-state index is 12.6. The van der Waals surface area contributed by atoms with Crippen molar-refractivity contribution in [2.75, 3.05) is 6.54 Å². The third-order valence-electron chi connectivity index (χ3n) is 3.85. The van der Waals surface area contributed by atoms with E-state index in [1.165, 1.54) is 0 Å². The Morgan fingerprint density at radius 1 is 1.62 bits per heavy atom. The summed E-state index contributed by atoms with van der Waals surface area (Å²) in [5.41, 5.74) is 0.689. The lowest BCUT2D eigenvalue weighted by molar-refractivity contribution is 0.0674. The fraction of sp³-hybridized carbons (Fsp3) is 0.500. The van der Waals surface area contributed by atoms with Crippen LogP contribution in [0.25, 0.3) is 0 Å². The van der Waals surface area contributed by atoms with E-state index >= 15 is 0 Å². The van der Waals surface area contributed by atoms with Gasteiger partial charge in [-0.1, -0.05) is 10.6 Å². The van der Waals surface area contributed by atoms with Crippen LogP contribution in [-0.2, 0) is 0 Å². The number of aliphatic hydroxyl groups excluding tert-OH is 1. The second-order valence-electron chi connectivity index (χ2n) is 5.25. The van der Waals surface area contributed by atoms with Crippen molar-refractivity contribution in [2.45, 2.75) is 38.3 Å². The minimum Gasteiger partial charge on any atom is -0.387 e. The van der Waals surface area contributed by atoms with Crippen LogP contribution in [0.3, 0.4) is 0 Å². The van der Waals surface area contributed by atoms with Crippen molar-refractivity contribution >= 4 is 28.8 Å². The van der Waals surface area contributed by atoms with Crippen molar-refractivity contribution in [3.63, 3.8) is 0 Å². The molecule has 0 saturated carbocycles. The largest absolute Gasteiger partial charge is 0.387 e. The van der Waals surface area contributed by atoms with Crippen LogP contribution in [0.2, 0.25) is 0 Å². The highest BCUT2D eigenvalue weighted by molar-refractivity contribution is 7.10. The molecule has 112 valence electrons. The molecular weight excluding hydrogens is 306 g/mol. The third kappa shape index (κ3) is 3.00. The van der Waals surface area contributed by atoms with Gasteiger partial charge in [-0.05, 0) is 49.2 Å². The third-order valence-corrected chi connectivity index (χ3v) is 5.64. The van der Waals surface area contributed by atoms with E-state index < -0.39 is 6.10 Å². The molecule has 0 spiro atoms. The Kier molecular flexibility index (Phi) is 4.32. The van der Waals surface area contributed by atoms with Crippen LogP contribution in [0.5, 0.6) is 0 Å². The predicted octanol–water partition coefficient (Wildman–Crippen LogP) is 2.64. The average Bonchev–Trinajstić information content (AvgIpc) is 3.19. The highest BCUT2D eigenvalue weighted by atomic mass is 32.1. The van der Waals surface area contributed by atoms with Gasteiger partial charge >= 0.3 is 0 Å². The zero-order valence-electron chi connectivity index (χ0n) is 11.7. The summed E-state index contributed by atoms with van der Waals surface area (Å²) in [4.78, 5) is 16.0. The van der Waals surface area contributed by atoms with Gasteiger partial charge in [-0.25, -0.2) is 0 Å². The molecule has 2 atom stereocenters. The smallest absolute Gasteiger partial charge is 0.267 e. The van der Waals surface area contributed by atoms with Crippen LogP contribution in [0.1, 0.15) is 45.6 Å². The maximum Gasteiger partial charge on any atom is 0.267 e. The van der Waals surface area contributed by atoms with Crippen molar-refractivity contribution in [3.05, 3.63) is 33.0 Å². The first-order valence-electron chi connectivity index (χ1n) is 6.98. The molecular formula is C14H17N3O2S2. The number of nitrogens with zero attached hydrogens (tertiary/aromatic N) is 3. The topological polar surface area (TPSA) is 66.3 Å². The lowest BCUT2D eigenvalue weighted by Gasteiger charge is -2.25. The van der Waals surface area contributed by atoms with Crippen molar-refractivity contribution < 1.29 is 9.90 Å². The zero-order valence-corrected chi connectivity index (χ0v) is 13.4. The molecule has 0 bridgehead atoms. The van der Waals surface area contributed by atoms with Gasteiger partial charge in [0.25, 0.3) is 5.91 Å². The summed E-state index contributed by atoms with van der Waals surface area (Å²) >= 11 is 2.70. The summed E-state index contributed by atoms with van der Waals surface area (Å²) in [5.74, 6) is 0.00313. The van der Waals surface area contributed by atoms with E-state index in [0.29, 0.717) is 17.0 Å². The van der Waals surface area contributed by atoms with Gasteiger partial charge in [-0.3, -0.25) is 4.79 Å². The number of carbonyl (C=O) groups is 1. The molecule has 1 fully saturated rings. The number of thiophene rings is 1. The lowest BCUT2D eigenvalue weighted by Crippen LogP contribution is -2.36. The van der Waals surface area contributed by atoms with E-state index in [-0.39, 0.29) is 11.9 Å². The number of hydrogen-bond acceptors (Lipinski definition) is 6. The molecule has 0 radical (unpaired) electrons. The van der Waals surface area contributed by atoms with Crippen molar-refractivity contribution in [2.24, 2.45) is 0 Å². The first kappa shape index (κ1) is 14.6. The van der Waals surface area contributed by atoms with E-state index in [9.17, 15) is 9.90 Å². The molecule has 7 heteroatoms. The Balaban J connectivity index is 1.71. The molecule has 0 aromatic carbocycles. The van der Waals surface area contributed by atoms with E-state index in [1.807, 2.05) is 29.3 Å². The number of carbonyl (C=O) groups excluding carboxylic acids is 1. The quantitative estimate of drug-likeness (QED) is 0.939. The maximum absolute atomic E-state index is 12.6. The van der Waals surface area contributed by atoms with Crippen molar-refractivity contribution in [3.8, 4) is 0 Å². The van der Waals surface area contributed by atoms with Gasteiger partial charge in [0.05, 0.1) is 11.8 Å². The summed E-state index contributed by atoms with van der Waals surface area (Å²) in [6, 6.07) is 3.97. The summed E-state index contributed by atoms with van der Waals surface area (Å²) in [6.07, 6.45) is 2.03. The Hall–Kier alpha value is -1.31. The first-order chi connectivity index (χ1) is 10.2. The summed E-state index contributed by atoms with van der Waals surface area (Å²) in [7, 11) is 0. The fourth-order valence-corrected chi connectivity index (χ4v) is 4.10. The Morgan fingerprint density at radius 3 is 3.14 bits per heavy atom. The number of aliphatic hydroxyl groups is 1. The van der Waals surface area contributed by atoms with Gasteiger partial charge in [0, 0.05) is 17.5 Å². The van der Waals surface area contributed by atoms with Gasteiger partial charge in [0.2, 0.25) is 0 Å². The van der Waals surface area contributed by atoms with E-state index in [0.717, 1.165) is 35.8 Å². The van der Waals surface area contributed by atoms with Gasteiger partial charge in [0.15, 0.2) is 0 Å². The van der Waals surface area contributed by atoms with E-state index in [2.05, 4.69) is 9.59 Å². The van der Waals surface area contributed by atoms with Crippen molar-refractivity contribution in [1.82, 2.24) is 14.5 Å². The molecule has 1 N–H and O–H groups in total. The monoisotopic (exact) mass is 323 g/mol. The molecule has 1 aliphatic rings. The number of aromatic nitrogens is 2. The van der Waals surface area contributed by atoms with Crippen LogP contribution >= 0.6 is 22.9 Å². The van der Waals surface area contributed by atoms with Crippen LogP contribution in [-0.4, -0.2) is 38.1 Å². The highest BCUT2D eigenvalue weighted by Gasteiger charge is 2.33. The molecule has 3 heterocycles. The van der Waals surface area contributed by atoms with Gasteiger partial charge in [0.1, 0.15) is 4.88 Å². The van der Waals surface area contributed by atoms with Crippen LogP contribution in [0.4, 0.5) is 0 Å². The van der Waals surface area contributed by atoms with E-state index in [4.69, 9.17) is 0 Å². The number of amides is 1. The van der Waals surface area contributed by atoms with Gasteiger partial charge in [-0.15, -0.1) is 16.4 Å². The molecule has 0 unspecified atom stereocenters. The second kappa shape index (κ2) is 6.21. The fourth-order valence-electron chi connectivity index (χ4n) is 2.76. The summed E-state index contributed by atoms with van der Waals surface area (Å²) in [6.45, 7) is 2.56.